The molecule has 1 aromatic heterocycles. The Morgan fingerprint density at radius 1 is 1.70 bits per heavy atom. The molecule has 0 fully saturated rings. The van der Waals surface area contributed by atoms with Gasteiger partial charge < -0.3 is 9.73 Å². The minimum atomic E-state index is 0.296. The van der Waals surface area contributed by atoms with Crippen LogP contribution >= 0.6 is 0 Å². The second-order valence-corrected chi connectivity index (χ2v) is 1.71. The first-order chi connectivity index (χ1) is 4.83. The van der Waals surface area contributed by atoms with Gasteiger partial charge in [-0.1, -0.05) is 0 Å². The second-order valence-electron chi connectivity index (χ2n) is 1.71. The third-order valence-electron chi connectivity index (χ3n) is 0.904. The molecule has 0 aliphatic carbocycles. The molecule has 5 heteroatoms. The molecular weight excluding hydrogens is 134 g/mol. The first-order valence-electron chi connectivity index (χ1n) is 2.79. The van der Waals surface area contributed by atoms with Crippen LogP contribution in [0.25, 0.3) is 0 Å². The fourth-order valence-corrected chi connectivity index (χ4v) is 0.538. The van der Waals surface area contributed by atoms with Crippen LogP contribution in [-0.2, 0) is 11.3 Å². The van der Waals surface area contributed by atoms with Crippen molar-refractivity contribution in [2.45, 2.75) is 13.5 Å². The SMILES string of the molecule is Cc1nnc(CNC=O)o1. The predicted molar refractivity (Wildman–Crippen MR) is 31.9 cm³/mol. The topological polar surface area (TPSA) is 68.0 Å². The number of carbonyl (C=O) groups is 1. The van der Waals surface area contributed by atoms with Gasteiger partial charge >= 0.3 is 0 Å². The van der Waals surface area contributed by atoms with Crippen molar-refractivity contribution in [2.24, 2.45) is 0 Å². The molecule has 10 heavy (non-hydrogen) atoms. The zero-order valence-electron chi connectivity index (χ0n) is 5.50. The van der Waals surface area contributed by atoms with Crippen LogP contribution in [0.1, 0.15) is 11.8 Å². The molecule has 0 aliphatic rings. The minimum absolute atomic E-state index is 0.296. The molecule has 0 unspecified atom stereocenters. The summed E-state index contributed by atoms with van der Waals surface area (Å²) >= 11 is 0. The molecule has 0 aliphatic heterocycles. The summed E-state index contributed by atoms with van der Waals surface area (Å²) in [4.78, 5) is 9.78. The first kappa shape index (κ1) is 6.73. The number of nitrogens with one attached hydrogen (secondary N) is 1. The van der Waals surface area contributed by atoms with Crippen LogP contribution < -0.4 is 5.32 Å². The third kappa shape index (κ3) is 1.54. The maximum absolute atomic E-state index is 9.78. The number of aromatic nitrogens is 2. The van der Waals surface area contributed by atoms with Crippen molar-refractivity contribution in [1.29, 1.82) is 0 Å². The van der Waals surface area contributed by atoms with E-state index in [1.54, 1.807) is 6.92 Å². The van der Waals surface area contributed by atoms with E-state index in [4.69, 9.17) is 4.42 Å². The number of hydrogen-bond acceptors (Lipinski definition) is 4. The van der Waals surface area contributed by atoms with Crippen molar-refractivity contribution in [3.8, 4) is 0 Å². The van der Waals surface area contributed by atoms with Gasteiger partial charge in [0.2, 0.25) is 18.2 Å². The summed E-state index contributed by atoms with van der Waals surface area (Å²) < 4.78 is 4.94. The normalized spacial score (nSPS) is 9.30. The predicted octanol–water partition coefficient (Wildman–Crippen LogP) is -0.376. The molecule has 0 spiro atoms. The smallest absolute Gasteiger partial charge is 0.235 e. The van der Waals surface area contributed by atoms with E-state index in [0.29, 0.717) is 24.7 Å². The molecule has 1 N–H and O–H groups in total. The fourth-order valence-electron chi connectivity index (χ4n) is 0.538. The highest BCUT2D eigenvalue weighted by Gasteiger charge is 1.98. The summed E-state index contributed by atoms with van der Waals surface area (Å²) in [6, 6.07) is 0. The Hall–Kier alpha value is -1.39. The van der Waals surface area contributed by atoms with Crippen LogP contribution in [0.15, 0.2) is 4.42 Å². The fraction of sp³-hybridized carbons (Fsp3) is 0.400. The molecule has 1 aromatic rings. The first-order valence-corrected chi connectivity index (χ1v) is 2.79. The monoisotopic (exact) mass is 141 g/mol. The number of rotatable bonds is 3. The van der Waals surface area contributed by atoms with E-state index in [9.17, 15) is 4.79 Å². The van der Waals surface area contributed by atoms with Crippen molar-refractivity contribution in [3.63, 3.8) is 0 Å². The van der Waals surface area contributed by atoms with E-state index in [1.807, 2.05) is 0 Å². The molecule has 0 aromatic carbocycles. The quantitative estimate of drug-likeness (QED) is 0.583. The van der Waals surface area contributed by atoms with Crippen LogP contribution in [0, 0.1) is 6.92 Å². The van der Waals surface area contributed by atoms with Gasteiger partial charge in [-0.25, -0.2) is 0 Å². The second kappa shape index (κ2) is 2.95. The van der Waals surface area contributed by atoms with Crippen molar-refractivity contribution in [1.82, 2.24) is 15.5 Å². The molecule has 0 saturated heterocycles. The highest BCUT2D eigenvalue weighted by Crippen LogP contribution is 1.95. The lowest BCUT2D eigenvalue weighted by atomic mass is 10.6. The third-order valence-corrected chi connectivity index (χ3v) is 0.904. The summed E-state index contributed by atoms with van der Waals surface area (Å²) in [7, 11) is 0. The number of hydrogen-bond donors (Lipinski definition) is 1. The molecule has 0 bridgehead atoms. The Balaban J connectivity index is 2.49. The lowest BCUT2D eigenvalue weighted by Crippen LogP contribution is -2.09. The van der Waals surface area contributed by atoms with E-state index in [2.05, 4.69) is 15.5 Å². The molecular formula is C5H7N3O2. The Kier molecular flexibility index (Phi) is 1.99. The van der Waals surface area contributed by atoms with Gasteiger partial charge in [0.25, 0.3) is 0 Å². The van der Waals surface area contributed by atoms with Crippen LogP contribution in [-0.4, -0.2) is 16.6 Å². The molecule has 0 atom stereocenters. The Morgan fingerprint density at radius 2 is 2.50 bits per heavy atom. The van der Waals surface area contributed by atoms with Gasteiger partial charge in [0.15, 0.2) is 0 Å². The van der Waals surface area contributed by atoms with E-state index in [-0.39, 0.29) is 0 Å². The lowest BCUT2D eigenvalue weighted by Gasteiger charge is -1.87. The summed E-state index contributed by atoms with van der Waals surface area (Å²) in [5.74, 6) is 0.923. The van der Waals surface area contributed by atoms with Crippen molar-refractivity contribution >= 4 is 6.41 Å². The number of amides is 1. The van der Waals surface area contributed by atoms with Crippen LogP contribution in [0.4, 0.5) is 0 Å². The molecule has 0 radical (unpaired) electrons. The van der Waals surface area contributed by atoms with Gasteiger partial charge in [0, 0.05) is 6.92 Å². The van der Waals surface area contributed by atoms with Crippen molar-refractivity contribution < 1.29 is 9.21 Å². The minimum Gasteiger partial charge on any atom is -0.424 e. The van der Waals surface area contributed by atoms with Gasteiger partial charge in [-0.3, -0.25) is 4.79 Å². The summed E-state index contributed by atoms with van der Waals surface area (Å²) in [5, 5.41) is 9.61. The van der Waals surface area contributed by atoms with Gasteiger partial charge in [0.05, 0.1) is 6.54 Å². The van der Waals surface area contributed by atoms with Crippen molar-refractivity contribution in [2.75, 3.05) is 0 Å². The molecule has 1 heterocycles. The molecule has 1 rings (SSSR count). The summed E-state index contributed by atoms with van der Waals surface area (Å²) in [6.07, 6.45) is 0.583. The Bertz CT molecular complexity index is 220. The van der Waals surface area contributed by atoms with Gasteiger partial charge in [-0.15, -0.1) is 10.2 Å². The van der Waals surface area contributed by atoms with E-state index in [0.717, 1.165) is 0 Å². The van der Waals surface area contributed by atoms with Gasteiger partial charge in [-0.05, 0) is 0 Å². The Morgan fingerprint density at radius 3 is 3.00 bits per heavy atom. The highest BCUT2D eigenvalue weighted by molar-refractivity contribution is 5.45. The van der Waals surface area contributed by atoms with Gasteiger partial charge in [0.1, 0.15) is 0 Å². The maximum atomic E-state index is 9.78. The average Bonchev–Trinajstić information content (AvgIpc) is 2.31. The zero-order chi connectivity index (χ0) is 7.40. The van der Waals surface area contributed by atoms with E-state index >= 15 is 0 Å². The summed E-state index contributed by atoms with van der Waals surface area (Å²) in [5.41, 5.74) is 0. The Labute approximate surface area is 57.4 Å². The molecule has 5 nitrogen and oxygen atoms in total. The van der Waals surface area contributed by atoms with E-state index in [1.165, 1.54) is 0 Å². The highest BCUT2D eigenvalue weighted by atomic mass is 16.4. The molecule has 0 saturated carbocycles. The molecule has 54 valence electrons. The number of aryl methyl sites for hydroxylation is 1. The number of nitrogens with zero attached hydrogens (tertiary/aromatic N) is 2. The van der Waals surface area contributed by atoms with Crippen molar-refractivity contribution in [3.05, 3.63) is 11.8 Å². The maximum Gasteiger partial charge on any atom is 0.235 e. The largest absolute Gasteiger partial charge is 0.424 e. The lowest BCUT2D eigenvalue weighted by molar-refractivity contribution is -0.109. The van der Waals surface area contributed by atoms with Crippen LogP contribution in [0.2, 0.25) is 0 Å². The van der Waals surface area contributed by atoms with Gasteiger partial charge in [-0.2, -0.15) is 0 Å². The standard InChI is InChI=1S/C5H7N3O2/c1-4-7-8-5(10-4)2-6-3-9/h3H,2H2,1H3,(H,6,9). The molecule has 1 amide bonds. The zero-order valence-corrected chi connectivity index (χ0v) is 5.50. The number of carbonyl (C=O) groups excluding carboxylic acids is 1. The van der Waals surface area contributed by atoms with E-state index < -0.39 is 0 Å². The van der Waals surface area contributed by atoms with Crippen LogP contribution in [0.3, 0.4) is 0 Å². The average molecular weight is 141 g/mol. The van der Waals surface area contributed by atoms with Crippen LogP contribution in [0.5, 0.6) is 0 Å². The summed E-state index contributed by atoms with van der Waals surface area (Å²) in [6.45, 7) is 1.99.